The molecule has 0 saturated carbocycles. The molecule has 0 bridgehead atoms. The Hall–Kier alpha value is -3.52. The second-order valence-electron chi connectivity index (χ2n) is 9.15. The van der Waals surface area contributed by atoms with Crippen LogP contribution in [-0.2, 0) is 20.7 Å². The minimum absolute atomic E-state index is 0.0309. The minimum Gasteiger partial charge on any atom is -0.507 e. The molecule has 3 heterocycles. The summed E-state index contributed by atoms with van der Waals surface area (Å²) in [5.74, 6) is 0.186. The fourth-order valence-electron chi connectivity index (χ4n) is 5.17. The molecule has 0 radical (unpaired) electrons. The number of Topliss-reactive ketones (excluding diaryl/α,β-unsaturated/α-hetero) is 1. The third kappa shape index (κ3) is 4.12. The molecule has 0 aliphatic carbocycles. The lowest BCUT2D eigenvalue weighted by Crippen LogP contribution is -2.36. The van der Waals surface area contributed by atoms with Crippen molar-refractivity contribution in [3.05, 3.63) is 58.7 Å². The Morgan fingerprint density at radius 2 is 1.97 bits per heavy atom. The van der Waals surface area contributed by atoms with Crippen molar-refractivity contribution in [2.75, 3.05) is 27.4 Å². The van der Waals surface area contributed by atoms with E-state index in [1.165, 1.54) is 12.0 Å². The van der Waals surface area contributed by atoms with Gasteiger partial charge < -0.3 is 29.0 Å². The van der Waals surface area contributed by atoms with Crippen LogP contribution in [0.1, 0.15) is 42.5 Å². The van der Waals surface area contributed by atoms with Gasteiger partial charge in [-0.2, -0.15) is 0 Å². The summed E-state index contributed by atoms with van der Waals surface area (Å²) in [7, 11) is 3.07. The Morgan fingerprint density at radius 1 is 1.14 bits per heavy atom. The highest BCUT2D eigenvalue weighted by atomic mass is 16.5. The maximum atomic E-state index is 13.4. The molecule has 2 aromatic rings. The maximum absolute atomic E-state index is 13.4. The van der Waals surface area contributed by atoms with Crippen molar-refractivity contribution in [2.45, 2.75) is 44.4 Å². The molecule has 8 nitrogen and oxygen atoms in total. The molecule has 1 amide bonds. The standard InChI is InChI=1S/C27H29NO7/c1-15-11-17-12-16(6-9-21(17)35-15)25(29)23-24(20-8-7-18(32-2)13-22(20)33-3)28(27(31)26(23)30)14-19-5-4-10-34-19/h6-9,12-13,15,19,24,29H,4-5,10-11,14H2,1-3H3/b25-23-. The van der Waals surface area contributed by atoms with Crippen LogP contribution in [0.4, 0.5) is 0 Å². The predicted molar refractivity (Wildman–Crippen MR) is 128 cm³/mol. The van der Waals surface area contributed by atoms with Crippen LogP contribution in [-0.4, -0.2) is 61.3 Å². The predicted octanol–water partition coefficient (Wildman–Crippen LogP) is 3.63. The quantitative estimate of drug-likeness (QED) is 0.384. The van der Waals surface area contributed by atoms with Crippen LogP contribution >= 0.6 is 0 Å². The van der Waals surface area contributed by atoms with Crippen molar-refractivity contribution in [1.82, 2.24) is 4.90 Å². The van der Waals surface area contributed by atoms with Gasteiger partial charge >= 0.3 is 0 Å². The molecule has 3 aliphatic heterocycles. The van der Waals surface area contributed by atoms with E-state index in [0.29, 0.717) is 35.7 Å². The van der Waals surface area contributed by atoms with Crippen LogP contribution in [0.15, 0.2) is 42.0 Å². The van der Waals surface area contributed by atoms with E-state index in [1.54, 1.807) is 37.4 Å². The third-order valence-electron chi connectivity index (χ3n) is 6.87. The number of benzene rings is 2. The lowest BCUT2D eigenvalue weighted by Gasteiger charge is -2.28. The van der Waals surface area contributed by atoms with Gasteiger partial charge in [-0.05, 0) is 55.7 Å². The Bertz CT molecular complexity index is 1200. The molecule has 35 heavy (non-hydrogen) atoms. The fraction of sp³-hybridized carbons (Fsp3) is 0.407. The average molecular weight is 480 g/mol. The SMILES string of the molecule is COc1ccc(C2/C(=C(/O)c3ccc4c(c3)CC(C)O4)C(=O)C(=O)N2CC2CCCO2)c(OC)c1. The smallest absolute Gasteiger partial charge is 0.295 e. The molecule has 1 N–H and O–H groups in total. The number of aliphatic hydroxyl groups excluding tert-OH is 1. The van der Waals surface area contributed by atoms with Gasteiger partial charge in [-0.15, -0.1) is 0 Å². The molecule has 8 heteroatoms. The summed E-state index contributed by atoms with van der Waals surface area (Å²) in [6.07, 6.45) is 2.29. The van der Waals surface area contributed by atoms with Crippen molar-refractivity contribution < 1.29 is 33.6 Å². The number of ether oxygens (including phenoxy) is 4. The van der Waals surface area contributed by atoms with Gasteiger partial charge in [-0.3, -0.25) is 9.59 Å². The molecule has 0 spiro atoms. The van der Waals surface area contributed by atoms with E-state index in [2.05, 4.69) is 0 Å². The van der Waals surface area contributed by atoms with Gasteiger partial charge in [-0.25, -0.2) is 0 Å². The number of rotatable bonds is 6. The summed E-state index contributed by atoms with van der Waals surface area (Å²) in [6, 6.07) is 9.71. The fourth-order valence-corrected chi connectivity index (χ4v) is 5.17. The molecular formula is C27H29NO7. The average Bonchev–Trinajstić information content (AvgIpc) is 3.57. The molecule has 0 aromatic heterocycles. The number of methoxy groups -OCH3 is 2. The maximum Gasteiger partial charge on any atom is 0.295 e. The molecular weight excluding hydrogens is 450 g/mol. The van der Waals surface area contributed by atoms with Crippen LogP contribution in [0.3, 0.4) is 0 Å². The van der Waals surface area contributed by atoms with E-state index in [9.17, 15) is 14.7 Å². The highest BCUT2D eigenvalue weighted by Gasteiger charge is 2.48. The number of carbonyl (C=O) groups excluding carboxylic acids is 2. The van der Waals surface area contributed by atoms with Crippen LogP contribution in [0.5, 0.6) is 17.2 Å². The Kier molecular flexibility index (Phi) is 6.15. The van der Waals surface area contributed by atoms with Crippen molar-refractivity contribution in [1.29, 1.82) is 0 Å². The van der Waals surface area contributed by atoms with Crippen molar-refractivity contribution >= 4 is 17.4 Å². The lowest BCUT2D eigenvalue weighted by molar-refractivity contribution is -0.140. The van der Waals surface area contributed by atoms with E-state index in [-0.39, 0.29) is 30.1 Å². The number of hydrogen-bond donors (Lipinski definition) is 1. The first kappa shape index (κ1) is 23.2. The number of carbonyl (C=O) groups is 2. The highest BCUT2D eigenvalue weighted by molar-refractivity contribution is 6.46. The number of fused-ring (bicyclic) bond motifs is 1. The van der Waals surface area contributed by atoms with Crippen molar-refractivity contribution in [3.63, 3.8) is 0 Å². The summed E-state index contributed by atoms with van der Waals surface area (Å²) < 4.78 is 22.5. The van der Waals surface area contributed by atoms with Gasteiger partial charge in [0.05, 0.1) is 31.9 Å². The van der Waals surface area contributed by atoms with E-state index in [4.69, 9.17) is 18.9 Å². The first-order valence-corrected chi connectivity index (χ1v) is 11.8. The number of hydrogen-bond acceptors (Lipinski definition) is 7. The van der Waals surface area contributed by atoms with Crippen LogP contribution in [0.2, 0.25) is 0 Å². The zero-order chi connectivity index (χ0) is 24.7. The number of nitrogens with zero attached hydrogens (tertiary/aromatic N) is 1. The summed E-state index contributed by atoms with van der Waals surface area (Å²) in [5, 5.41) is 11.4. The van der Waals surface area contributed by atoms with Crippen LogP contribution < -0.4 is 14.2 Å². The summed E-state index contributed by atoms with van der Waals surface area (Å²) >= 11 is 0. The first-order chi connectivity index (χ1) is 16.9. The minimum atomic E-state index is -0.830. The monoisotopic (exact) mass is 479 g/mol. The molecule has 2 fully saturated rings. The summed E-state index contributed by atoms with van der Waals surface area (Å²) in [6.45, 7) is 2.85. The zero-order valence-electron chi connectivity index (χ0n) is 20.1. The van der Waals surface area contributed by atoms with Crippen molar-refractivity contribution in [2.24, 2.45) is 0 Å². The Labute approximate surface area is 204 Å². The van der Waals surface area contributed by atoms with Gasteiger partial charge in [0, 0.05) is 36.8 Å². The van der Waals surface area contributed by atoms with Crippen molar-refractivity contribution in [3.8, 4) is 17.2 Å². The number of ketones is 1. The topological polar surface area (TPSA) is 94.5 Å². The van der Waals surface area contributed by atoms with Gasteiger partial charge in [-0.1, -0.05) is 0 Å². The van der Waals surface area contributed by atoms with E-state index >= 15 is 0 Å². The molecule has 2 aromatic carbocycles. The van der Waals surface area contributed by atoms with Gasteiger partial charge in [0.1, 0.15) is 29.1 Å². The third-order valence-corrected chi connectivity index (χ3v) is 6.87. The van der Waals surface area contributed by atoms with E-state index in [0.717, 1.165) is 24.2 Å². The lowest BCUT2D eigenvalue weighted by atomic mass is 9.93. The summed E-state index contributed by atoms with van der Waals surface area (Å²) in [4.78, 5) is 28.1. The van der Waals surface area contributed by atoms with Gasteiger partial charge in [0.15, 0.2) is 0 Å². The molecule has 3 unspecified atom stereocenters. The normalized spacial score (nSPS) is 25.0. The second kappa shape index (κ2) is 9.26. The first-order valence-electron chi connectivity index (χ1n) is 11.8. The van der Waals surface area contributed by atoms with Gasteiger partial charge in [0.2, 0.25) is 0 Å². The Morgan fingerprint density at radius 3 is 2.69 bits per heavy atom. The number of amides is 1. The number of aliphatic hydroxyl groups is 1. The van der Waals surface area contributed by atoms with Crippen LogP contribution in [0, 0.1) is 0 Å². The largest absolute Gasteiger partial charge is 0.507 e. The molecule has 3 aliphatic rings. The van der Waals surface area contributed by atoms with E-state index < -0.39 is 17.7 Å². The van der Waals surface area contributed by atoms with Gasteiger partial charge in [0.25, 0.3) is 11.7 Å². The molecule has 5 rings (SSSR count). The molecule has 2 saturated heterocycles. The second-order valence-corrected chi connectivity index (χ2v) is 9.15. The van der Waals surface area contributed by atoms with E-state index in [1.807, 2.05) is 13.0 Å². The molecule has 3 atom stereocenters. The number of likely N-dealkylation sites (tertiary alicyclic amines) is 1. The summed E-state index contributed by atoms with van der Waals surface area (Å²) in [5.41, 5.74) is 2.04. The van der Waals surface area contributed by atoms with Crippen LogP contribution in [0.25, 0.3) is 5.76 Å². The highest BCUT2D eigenvalue weighted by Crippen LogP contribution is 2.44. The zero-order valence-corrected chi connectivity index (χ0v) is 20.1. The Balaban J connectivity index is 1.64. The molecule has 184 valence electrons.